The molecule has 3 saturated heterocycles. The molecule has 0 radical (unpaired) electrons. The smallest absolute Gasteiger partial charge is 0.336 e. The minimum absolute atomic E-state index is 0.0450. The molecule has 15 nitrogen and oxygen atoms in total. The molecule has 1 aliphatic carbocycles. The number of hydrogen-bond donors (Lipinski definition) is 4. The minimum atomic E-state index is -1.44. The van der Waals surface area contributed by atoms with E-state index in [0.717, 1.165) is 22.3 Å². The zero-order valence-corrected chi connectivity index (χ0v) is 40.7. The first kappa shape index (κ1) is 46.8. The summed E-state index contributed by atoms with van der Waals surface area (Å²) in [7, 11) is 3.02. The van der Waals surface area contributed by atoms with Gasteiger partial charge in [0.1, 0.15) is 18.6 Å². The van der Waals surface area contributed by atoms with Crippen molar-refractivity contribution in [2.45, 2.75) is 74.8 Å². The number of rotatable bonds is 8. The van der Waals surface area contributed by atoms with Crippen LogP contribution in [0.4, 0.5) is 0 Å². The highest BCUT2D eigenvalue weighted by Gasteiger charge is 2.66. The zero-order valence-electron chi connectivity index (χ0n) is 39.9. The number of nitrogens with zero attached hydrogens (tertiary/aromatic N) is 1. The van der Waals surface area contributed by atoms with Crippen LogP contribution >= 0.6 is 11.8 Å². The van der Waals surface area contributed by atoms with Crippen LogP contribution in [-0.2, 0) is 40.6 Å². The molecule has 12 rings (SSSR count). The third-order valence-corrected chi connectivity index (χ3v) is 16.9. The minimum Gasteiger partial charge on any atom is -0.504 e. The van der Waals surface area contributed by atoms with Gasteiger partial charge in [0.2, 0.25) is 6.79 Å². The number of aromatic hydroxyl groups is 1. The number of thioether (sulfide) groups is 1. The molecule has 4 aromatic carbocycles. The van der Waals surface area contributed by atoms with Gasteiger partial charge in [-0.3, -0.25) is 10.2 Å². The lowest BCUT2D eigenvalue weighted by Crippen LogP contribution is -2.78. The van der Waals surface area contributed by atoms with Gasteiger partial charge in [0.15, 0.2) is 40.1 Å². The molecule has 0 saturated carbocycles. The van der Waals surface area contributed by atoms with E-state index >= 15 is 4.79 Å². The van der Waals surface area contributed by atoms with Crippen LogP contribution in [0, 0.1) is 18.3 Å². The first-order chi connectivity index (χ1) is 34.4. The van der Waals surface area contributed by atoms with Crippen molar-refractivity contribution in [3.63, 3.8) is 0 Å². The Balaban J connectivity index is 1.11. The lowest BCUT2D eigenvalue weighted by molar-refractivity contribution is -0.181. The number of piperazine rings is 1. The fraction of sp³-hybridized carbons (Fsp3) is 0.364. The number of piperidine rings is 1. The number of phenolic OH excluding ortho intramolecular Hbond substituents is 1. The third kappa shape index (κ3) is 7.61. The van der Waals surface area contributed by atoms with Crippen LogP contribution in [0.5, 0.6) is 28.7 Å². The van der Waals surface area contributed by atoms with E-state index in [4.69, 9.17) is 33.2 Å². The number of benzene rings is 4. The first-order valence-corrected chi connectivity index (χ1v) is 24.9. The second-order valence-corrected chi connectivity index (χ2v) is 20.4. The van der Waals surface area contributed by atoms with E-state index in [1.54, 1.807) is 31.4 Å². The maximum Gasteiger partial charge on any atom is 0.336 e. The van der Waals surface area contributed by atoms with Gasteiger partial charge in [-0.2, -0.15) is 0 Å². The summed E-state index contributed by atoms with van der Waals surface area (Å²) in [5.41, 5.74) is 3.07. The quantitative estimate of drug-likeness (QED) is 0.0811. The topological polar surface area (TPSA) is 184 Å². The van der Waals surface area contributed by atoms with Crippen LogP contribution in [0.3, 0.4) is 0 Å². The molecule has 3 unspecified atom stereocenters. The van der Waals surface area contributed by atoms with E-state index in [1.807, 2.05) is 79.4 Å². The molecule has 8 aliphatic rings. The third-order valence-electron chi connectivity index (χ3n) is 15.5. The lowest BCUT2D eigenvalue weighted by Gasteiger charge is -2.65. The van der Waals surface area contributed by atoms with Gasteiger partial charge in [0.25, 0.3) is 0 Å². The Bertz CT molecular complexity index is 2960. The van der Waals surface area contributed by atoms with Gasteiger partial charge in [-0.25, -0.2) is 14.4 Å². The summed E-state index contributed by atoms with van der Waals surface area (Å²) < 4.78 is 43.9. The standard InChI is InChI=1S/C55H55N3O12S/c1-29-22-34-24-36-52(62)58-37-26-66-53(63)55(35-25-39(64-4)38(59)23-33(35)20-21-56-55)27-71-49(43-42(37)48-47(67-28-68-48)30(2)46(43)69-40(60)18-16-31-12-8-6-9-13-31)44(58)50(57-36)54(34,3)51(45(29)65-5)70-41(61)19-17-32-14-10-7-11-15-32/h6-19,22-23,25,34,36-37,44,49-50,52,56-57,59,62H,20-21,24,26-28H2,1-5H3/b18-16+,19-17+/t34?,36-,37-,44?,49+,50-,52-,54?,55+/m0/s1. The van der Waals surface area contributed by atoms with Crippen molar-refractivity contribution in [1.82, 2.24) is 15.5 Å². The molecule has 0 amide bonds. The fourth-order valence-corrected chi connectivity index (χ4v) is 13.8. The van der Waals surface area contributed by atoms with Crippen molar-refractivity contribution < 1.29 is 57.8 Å². The highest BCUT2D eigenvalue weighted by Crippen LogP contribution is 2.64. The fourth-order valence-electron chi connectivity index (χ4n) is 12.1. The second-order valence-electron chi connectivity index (χ2n) is 19.2. The number of allylic oxidation sites excluding steroid dienone is 2. The molecule has 4 aromatic rings. The van der Waals surface area contributed by atoms with Crippen LogP contribution in [0.15, 0.2) is 108 Å². The summed E-state index contributed by atoms with van der Waals surface area (Å²) in [6, 6.07) is 19.6. The van der Waals surface area contributed by atoms with Crippen molar-refractivity contribution in [3.8, 4) is 28.7 Å². The number of aliphatic hydroxyl groups is 1. The number of fused-ring (bicyclic) bond motifs is 9. The lowest BCUT2D eigenvalue weighted by atomic mass is 9.57. The first-order valence-electron chi connectivity index (χ1n) is 23.8. The number of ether oxygens (including phenoxy) is 7. The maximum atomic E-state index is 15.1. The van der Waals surface area contributed by atoms with Crippen molar-refractivity contribution in [3.05, 3.63) is 147 Å². The second kappa shape index (κ2) is 18.2. The van der Waals surface area contributed by atoms with Crippen molar-refractivity contribution in [1.29, 1.82) is 0 Å². The molecule has 4 N–H and O–H groups in total. The SMILES string of the molecule is COC1=C(OC(=O)/C=C/c2ccccc2)C2(C)C(C=C1C)C[C@@H]1N[C@H]2C2[C@@H]3SC[C@]4(NCCc5cc(O)c(OC)cc54)C(=O)OC[C@@H](c4c5c(c(C)c(OC(=O)/C=C/c6ccccc6)c43)OCO5)N2[C@H]1O. The van der Waals surface area contributed by atoms with Crippen LogP contribution in [-0.4, -0.2) is 97.3 Å². The summed E-state index contributed by atoms with van der Waals surface area (Å²) in [4.78, 5) is 45.4. The van der Waals surface area contributed by atoms with Gasteiger partial charge >= 0.3 is 17.9 Å². The summed E-state index contributed by atoms with van der Waals surface area (Å²) >= 11 is 1.45. The predicted molar refractivity (Wildman–Crippen MR) is 263 cm³/mol. The number of aliphatic hydroxyl groups excluding tert-OH is 1. The highest BCUT2D eigenvalue weighted by atomic mass is 32.2. The number of hydrogen-bond acceptors (Lipinski definition) is 16. The van der Waals surface area contributed by atoms with Gasteiger partial charge in [-0.05, 0) is 84.7 Å². The molecule has 9 atom stereocenters. The molecule has 71 heavy (non-hydrogen) atoms. The monoisotopic (exact) mass is 981 g/mol. The number of methoxy groups -OCH3 is 2. The van der Waals surface area contributed by atoms with Gasteiger partial charge in [-0.15, -0.1) is 11.8 Å². The molecular weight excluding hydrogens is 927 g/mol. The Kier molecular flexibility index (Phi) is 12.0. The molecule has 4 bridgehead atoms. The number of carbonyl (C=O) groups is 3. The molecule has 3 fully saturated rings. The Morgan fingerprint density at radius 2 is 1.59 bits per heavy atom. The Morgan fingerprint density at radius 1 is 0.901 bits per heavy atom. The predicted octanol–water partition coefficient (Wildman–Crippen LogP) is 6.91. The summed E-state index contributed by atoms with van der Waals surface area (Å²) in [5.74, 6) is 0.0445. The summed E-state index contributed by atoms with van der Waals surface area (Å²) in [6.07, 6.45) is 8.18. The normalized spacial score (nSPS) is 29.4. The van der Waals surface area contributed by atoms with E-state index in [0.29, 0.717) is 64.7 Å². The number of nitrogens with one attached hydrogen (secondary N) is 2. The van der Waals surface area contributed by atoms with Crippen LogP contribution in [0.25, 0.3) is 12.2 Å². The summed E-state index contributed by atoms with van der Waals surface area (Å²) in [5, 5.41) is 30.6. The van der Waals surface area contributed by atoms with Crippen LogP contribution in [0.1, 0.15) is 70.5 Å². The van der Waals surface area contributed by atoms with E-state index < -0.39 is 64.5 Å². The number of esters is 3. The average Bonchev–Trinajstić information content (AvgIpc) is 3.88. The maximum absolute atomic E-state index is 15.1. The molecule has 0 aromatic heterocycles. The van der Waals surface area contributed by atoms with Gasteiger partial charge in [0, 0.05) is 59.3 Å². The zero-order chi connectivity index (χ0) is 49.3. The molecule has 16 heteroatoms. The molecule has 7 aliphatic heterocycles. The van der Waals surface area contributed by atoms with Gasteiger partial charge < -0.3 is 48.7 Å². The molecule has 1 spiro atoms. The van der Waals surface area contributed by atoms with E-state index in [2.05, 4.69) is 23.6 Å². The van der Waals surface area contributed by atoms with Crippen LogP contribution in [0.2, 0.25) is 0 Å². The van der Waals surface area contributed by atoms with Crippen molar-refractivity contribution in [2.75, 3.05) is 39.9 Å². The van der Waals surface area contributed by atoms with E-state index in [9.17, 15) is 19.8 Å². The van der Waals surface area contributed by atoms with Crippen LogP contribution < -0.4 is 29.6 Å². The number of phenols is 1. The Morgan fingerprint density at radius 3 is 2.28 bits per heavy atom. The van der Waals surface area contributed by atoms with Gasteiger partial charge in [0.05, 0.1) is 30.9 Å². The average molecular weight is 982 g/mol. The molecular formula is C55H55N3O12S. The van der Waals surface area contributed by atoms with Crippen molar-refractivity contribution in [2.24, 2.45) is 11.3 Å². The highest BCUT2D eigenvalue weighted by molar-refractivity contribution is 7.99. The van der Waals surface area contributed by atoms with E-state index in [-0.39, 0.29) is 42.3 Å². The van der Waals surface area contributed by atoms with E-state index in [1.165, 1.54) is 31.0 Å². The van der Waals surface area contributed by atoms with Crippen molar-refractivity contribution >= 4 is 41.8 Å². The Labute approximate surface area is 415 Å². The Hall–Kier alpha value is -6.56. The van der Waals surface area contributed by atoms with Gasteiger partial charge in [-0.1, -0.05) is 73.7 Å². The number of carbonyl (C=O) groups excluding carboxylic acids is 3. The molecule has 368 valence electrons. The molecule has 7 heterocycles. The largest absolute Gasteiger partial charge is 0.504 e. The summed E-state index contributed by atoms with van der Waals surface area (Å²) in [6.45, 7) is 5.87.